The van der Waals surface area contributed by atoms with Crippen LogP contribution in [0.2, 0.25) is 0 Å². The average Bonchev–Trinajstić information content (AvgIpc) is 2.77. The van der Waals surface area contributed by atoms with Gasteiger partial charge in [0.15, 0.2) is 0 Å². The van der Waals surface area contributed by atoms with E-state index in [1.54, 1.807) is 0 Å². The van der Waals surface area contributed by atoms with Crippen LogP contribution in [0.5, 0.6) is 0 Å². The quantitative estimate of drug-likeness (QED) is 0.764. The van der Waals surface area contributed by atoms with Crippen molar-refractivity contribution in [1.82, 2.24) is 15.1 Å². The van der Waals surface area contributed by atoms with Gasteiger partial charge in [0, 0.05) is 31.1 Å². The van der Waals surface area contributed by atoms with Crippen LogP contribution in [0.25, 0.3) is 0 Å². The van der Waals surface area contributed by atoms with E-state index in [4.69, 9.17) is 0 Å². The first kappa shape index (κ1) is 12.8. The van der Waals surface area contributed by atoms with Gasteiger partial charge in [-0.3, -0.25) is 4.79 Å². The maximum atomic E-state index is 12.4. The third-order valence-electron chi connectivity index (χ3n) is 4.18. The van der Waals surface area contributed by atoms with Gasteiger partial charge in [-0.05, 0) is 46.8 Å². The second-order valence-corrected chi connectivity index (χ2v) is 5.77. The van der Waals surface area contributed by atoms with Gasteiger partial charge in [0.2, 0.25) is 5.91 Å². The zero-order chi connectivity index (χ0) is 12.4. The number of rotatable bonds is 2. The summed E-state index contributed by atoms with van der Waals surface area (Å²) in [7, 11) is 4.20. The number of likely N-dealkylation sites (tertiary alicyclic amines) is 1. The number of carbonyl (C=O) groups is 1. The molecule has 0 bridgehead atoms. The number of carbonyl (C=O) groups excluding carboxylic acids is 1. The Bertz CT molecular complexity index is 280. The monoisotopic (exact) mass is 239 g/mol. The van der Waals surface area contributed by atoms with Crippen LogP contribution in [0.3, 0.4) is 0 Å². The molecule has 0 aromatic rings. The minimum absolute atomic E-state index is 0.257. The highest BCUT2D eigenvalue weighted by atomic mass is 16.2. The second-order valence-electron chi connectivity index (χ2n) is 5.77. The van der Waals surface area contributed by atoms with E-state index >= 15 is 0 Å². The summed E-state index contributed by atoms with van der Waals surface area (Å²) in [5.41, 5.74) is 0. The van der Waals surface area contributed by atoms with Gasteiger partial charge >= 0.3 is 0 Å². The Balaban J connectivity index is 1.88. The number of likely N-dealkylation sites (N-methyl/N-ethyl adjacent to an activating group) is 1. The molecule has 1 amide bonds. The molecule has 98 valence electrons. The van der Waals surface area contributed by atoms with Crippen LogP contribution < -0.4 is 5.32 Å². The van der Waals surface area contributed by atoms with Crippen LogP contribution >= 0.6 is 0 Å². The van der Waals surface area contributed by atoms with Crippen molar-refractivity contribution in [2.75, 3.05) is 33.7 Å². The largest absolute Gasteiger partial charge is 0.341 e. The summed E-state index contributed by atoms with van der Waals surface area (Å²) in [5.74, 6) is 0.648. The summed E-state index contributed by atoms with van der Waals surface area (Å²) in [6.07, 6.45) is 3.13. The van der Waals surface area contributed by atoms with Crippen molar-refractivity contribution in [2.45, 2.75) is 38.3 Å². The lowest BCUT2D eigenvalue weighted by molar-refractivity contribution is -0.135. The smallest absolute Gasteiger partial charge is 0.225 e. The molecule has 2 saturated heterocycles. The van der Waals surface area contributed by atoms with Crippen molar-refractivity contribution >= 4 is 5.91 Å². The maximum Gasteiger partial charge on any atom is 0.225 e. The van der Waals surface area contributed by atoms with Gasteiger partial charge in [0.1, 0.15) is 0 Å². The van der Waals surface area contributed by atoms with E-state index in [2.05, 4.69) is 36.1 Å². The minimum Gasteiger partial charge on any atom is -0.341 e. The molecule has 0 aliphatic carbocycles. The molecule has 4 nitrogen and oxygen atoms in total. The number of hydrogen-bond acceptors (Lipinski definition) is 3. The zero-order valence-electron chi connectivity index (χ0n) is 11.3. The SMILES string of the molecule is C[C@H]1C[C@@H](C(=O)N2CCC(N(C)C)C2)CCN1. The number of nitrogens with zero attached hydrogens (tertiary/aromatic N) is 2. The molecule has 2 heterocycles. The third-order valence-corrected chi connectivity index (χ3v) is 4.18. The molecule has 3 atom stereocenters. The summed E-state index contributed by atoms with van der Waals surface area (Å²) >= 11 is 0. The second kappa shape index (κ2) is 5.36. The average molecular weight is 239 g/mol. The summed E-state index contributed by atoms with van der Waals surface area (Å²) in [5, 5.41) is 3.41. The summed E-state index contributed by atoms with van der Waals surface area (Å²) in [4.78, 5) is 16.7. The van der Waals surface area contributed by atoms with E-state index < -0.39 is 0 Å². The maximum absolute atomic E-state index is 12.4. The Labute approximate surface area is 104 Å². The van der Waals surface area contributed by atoms with E-state index in [1.165, 1.54) is 0 Å². The van der Waals surface area contributed by atoms with E-state index in [1.807, 2.05) is 0 Å². The normalized spacial score (nSPS) is 34.4. The van der Waals surface area contributed by atoms with Crippen molar-refractivity contribution in [2.24, 2.45) is 5.92 Å². The fraction of sp³-hybridized carbons (Fsp3) is 0.923. The molecule has 1 unspecified atom stereocenters. The van der Waals surface area contributed by atoms with Gasteiger partial charge in [-0.2, -0.15) is 0 Å². The molecule has 0 saturated carbocycles. The molecule has 4 heteroatoms. The molecular weight excluding hydrogens is 214 g/mol. The Morgan fingerprint density at radius 1 is 1.35 bits per heavy atom. The van der Waals surface area contributed by atoms with Crippen molar-refractivity contribution in [1.29, 1.82) is 0 Å². The molecule has 0 spiro atoms. The van der Waals surface area contributed by atoms with Crippen LogP contribution in [0.4, 0.5) is 0 Å². The van der Waals surface area contributed by atoms with Gasteiger partial charge in [0.05, 0.1) is 0 Å². The lowest BCUT2D eigenvalue weighted by atomic mass is 9.92. The first-order chi connectivity index (χ1) is 8.08. The van der Waals surface area contributed by atoms with Crippen LogP contribution in [-0.4, -0.2) is 61.5 Å². The van der Waals surface area contributed by atoms with Crippen LogP contribution in [0.15, 0.2) is 0 Å². The molecule has 1 N–H and O–H groups in total. The third kappa shape index (κ3) is 2.99. The molecular formula is C13H25N3O. The molecule has 2 aliphatic rings. The molecule has 2 rings (SSSR count). The molecule has 0 aromatic carbocycles. The zero-order valence-corrected chi connectivity index (χ0v) is 11.3. The summed E-state index contributed by atoms with van der Waals surface area (Å²) < 4.78 is 0. The summed E-state index contributed by atoms with van der Waals surface area (Å²) in [6.45, 7) is 5.03. The van der Waals surface area contributed by atoms with Gasteiger partial charge in [0.25, 0.3) is 0 Å². The van der Waals surface area contributed by atoms with E-state index in [-0.39, 0.29) is 5.92 Å². The van der Waals surface area contributed by atoms with Crippen molar-refractivity contribution in [3.05, 3.63) is 0 Å². The van der Waals surface area contributed by atoms with E-state index in [0.717, 1.165) is 38.9 Å². The van der Waals surface area contributed by atoms with Gasteiger partial charge in [-0.1, -0.05) is 0 Å². The van der Waals surface area contributed by atoms with Gasteiger partial charge in [-0.15, -0.1) is 0 Å². The van der Waals surface area contributed by atoms with Crippen LogP contribution in [-0.2, 0) is 4.79 Å². The first-order valence-corrected chi connectivity index (χ1v) is 6.76. The molecule has 2 fully saturated rings. The van der Waals surface area contributed by atoms with Crippen molar-refractivity contribution < 1.29 is 4.79 Å². The fourth-order valence-corrected chi connectivity index (χ4v) is 2.98. The minimum atomic E-state index is 0.257. The lowest BCUT2D eigenvalue weighted by Gasteiger charge is -2.30. The van der Waals surface area contributed by atoms with Crippen LogP contribution in [0.1, 0.15) is 26.2 Å². The summed E-state index contributed by atoms with van der Waals surface area (Å²) in [6, 6.07) is 1.04. The number of nitrogens with one attached hydrogen (secondary N) is 1. The van der Waals surface area contributed by atoms with Crippen molar-refractivity contribution in [3.63, 3.8) is 0 Å². The Kier molecular flexibility index (Phi) is 4.05. The molecule has 0 radical (unpaired) electrons. The topological polar surface area (TPSA) is 35.6 Å². The lowest BCUT2D eigenvalue weighted by Crippen LogP contribution is -2.44. The number of hydrogen-bond donors (Lipinski definition) is 1. The highest BCUT2D eigenvalue weighted by Crippen LogP contribution is 2.22. The van der Waals surface area contributed by atoms with Gasteiger partial charge in [-0.25, -0.2) is 0 Å². The highest BCUT2D eigenvalue weighted by Gasteiger charge is 2.33. The fourth-order valence-electron chi connectivity index (χ4n) is 2.98. The van der Waals surface area contributed by atoms with Crippen molar-refractivity contribution in [3.8, 4) is 0 Å². The Morgan fingerprint density at radius 2 is 2.12 bits per heavy atom. The Hall–Kier alpha value is -0.610. The molecule has 17 heavy (non-hydrogen) atoms. The molecule has 2 aliphatic heterocycles. The standard InChI is InChI=1S/C13H25N3O/c1-10-8-11(4-6-14-10)13(17)16-7-5-12(9-16)15(2)3/h10-12,14H,4-9H2,1-3H3/t10-,11-,12?/m0/s1. The molecule has 0 aromatic heterocycles. The van der Waals surface area contributed by atoms with E-state index in [0.29, 0.717) is 18.0 Å². The Morgan fingerprint density at radius 3 is 2.71 bits per heavy atom. The van der Waals surface area contributed by atoms with Crippen LogP contribution in [0, 0.1) is 5.92 Å². The van der Waals surface area contributed by atoms with E-state index in [9.17, 15) is 4.79 Å². The first-order valence-electron chi connectivity index (χ1n) is 6.76. The highest BCUT2D eigenvalue weighted by molar-refractivity contribution is 5.79. The number of amides is 1. The predicted molar refractivity (Wildman–Crippen MR) is 68.9 cm³/mol. The predicted octanol–water partition coefficient (Wildman–Crippen LogP) is 0.537. The van der Waals surface area contributed by atoms with Gasteiger partial charge < -0.3 is 15.1 Å². The number of piperidine rings is 1.